The molecule has 1 saturated carbocycles. The van der Waals surface area contributed by atoms with Crippen LogP contribution in [0.2, 0.25) is 0 Å². The van der Waals surface area contributed by atoms with E-state index in [9.17, 15) is 0 Å². The van der Waals surface area contributed by atoms with Gasteiger partial charge < -0.3 is 5.73 Å². The molecule has 1 nitrogen and oxygen atoms in total. The van der Waals surface area contributed by atoms with Crippen molar-refractivity contribution in [1.82, 2.24) is 0 Å². The zero-order chi connectivity index (χ0) is 13.6. The van der Waals surface area contributed by atoms with E-state index < -0.39 is 0 Å². The van der Waals surface area contributed by atoms with Crippen molar-refractivity contribution in [2.75, 3.05) is 0 Å². The van der Waals surface area contributed by atoms with Gasteiger partial charge in [0.15, 0.2) is 0 Å². The van der Waals surface area contributed by atoms with Gasteiger partial charge >= 0.3 is 0 Å². The van der Waals surface area contributed by atoms with Gasteiger partial charge in [-0.25, -0.2) is 0 Å². The van der Waals surface area contributed by atoms with Gasteiger partial charge in [0.25, 0.3) is 0 Å². The Morgan fingerprint density at radius 2 is 1.78 bits per heavy atom. The van der Waals surface area contributed by atoms with Crippen LogP contribution in [0.25, 0.3) is 0 Å². The molecule has 104 valence electrons. The summed E-state index contributed by atoms with van der Waals surface area (Å²) >= 11 is 0. The van der Waals surface area contributed by atoms with E-state index in [0.29, 0.717) is 12.0 Å². The minimum Gasteiger partial charge on any atom is -0.327 e. The molecule has 0 heterocycles. The molecule has 1 heteroatoms. The second kappa shape index (κ2) is 7.19. The molecule has 0 spiro atoms. The van der Waals surface area contributed by atoms with Crippen LogP contribution in [0.1, 0.15) is 72.6 Å². The molecule has 0 radical (unpaired) electrons. The highest BCUT2D eigenvalue weighted by molar-refractivity contribution is 5.08. The number of rotatable bonds is 4. The van der Waals surface area contributed by atoms with Crippen LogP contribution < -0.4 is 5.73 Å². The summed E-state index contributed by atoms with van der Waals surface area (Å²) in [5.74, 6) is 8.26. The Labute approximate surface area is 114 Å². The Balaban J connectivity index is 2.31. The zero-order valence-corrected chi connectivity index (χ0v) is 12.8. The fourth-order valence-electron chi connectivity index (χ4n) is 2.91. The van der Waals surface area contributed by atoms with E-state index in [-0.39, 0.29) is 5.41 Å². The van der Waals surface area contributed by atoms with Crippen LogP contribution in [0.3, 0.4) is 0 Å². The van der Waals surface area contributed by atoms with Crippen LogP contribution in [-0.4, -0.2) is 6.04 Å². The van der Waals surface area contributed by atoms with Crippen molar-refractivity contribution in [2.24, 2.45) is 23.0 Å². The van der Waals surface area contributed by atoms with E-state index in [1.807, 2.05) is 0 Å². The van der Waals surface area contributed by atoms with Gasteiger partial charge in [0, 0.05) is 17.9 Å². The normalized spacial score (nSPS) is 26.3. The summed E-state index contributed by atoms with van der Waals surface area (Å²) in [6, 6.07) is 0.294. The quantitative estimate of drug-likeness (QED) is 0.736. The molecule has 18 heavy (non-hydrogen) atoms. The second-order valence-corrected chi connectivity index (χ2v) is 6.99. The molecule has 1 rings (SSSR count). The molecular formula is C17H31N. The molecule has 0 bridgehead atoms. The van der Waals surface area contributed by atoms with Gasteiger partial charge in [-0.2, -0.15) is 0 Å². The van der Waals surface area contributed by atoms with Gasteiger partial charge in [-0.05, 0) is 45.4 Å². The highest BCUT2D eigenvalue weighted by Gasteiger charge is 2.24. The van der Waals surface area contributed by atoms with Crippen LogP contribution in [0.4, 0.5) is 0 Å². The third kappa shape index (κ3) is 5.91. The molecule has 0 aromatic rings. The van der Waals surface area contributed by atoms with Gasteiger partial charge in [-0.3, -0.25) is 0 Å². The minimum absolute atomic E-state index is 0.110. The molecule has 1 aliphatic rings. The molecule has 1 atom stereocenters. The van der Waals surface area contributed by atoms with Crippen LogP contribution in [0.5, 0.6) is 0 Å². The summed E-state index contributed by atoms with van der Waals surface area (Å²) in [6.45, 7) is 8.75. The Hall–Kier alpha value is -0.480. The van der Waals surface area contributed by atoms with Gasteiger partial charge in [0.1, 0.15) is 0 Å². The second-order valence-electron chi connectivity index (χ2n) is 6.99. The van der Waals surface area contributed by atoms with Gasteiger partial charge in [-0.15, -0.1) is 5.92 Å². The van der Waals surface area contributed by atoms with Crippen molar-refractivity contribution < 1.29 is 0 Å². The molecule has 0 aromatic heterocycles. The molecular weight excluding hydrogens is 218 g/mol. The van der Waals surface area contributed by atoms with Crippen molar-refractivity contribution >= 4 is 0 Å². The predicted octanol–water partition coefficient (Wildman–Crippen LogP) is 4.36. The third-order valence-corrected chi connectivity index (χ3v) is 3.99. The van der Waals surface area contributed by atoms with E-state index in [2.05, 4.69) is 39.5 Å². The lowest BCUT2D eigenvalue weighted by molar-refractivity contribution is 0.234. The molecule has 0 saturated heterocycles. The molecule has 0 aliphatic heterocycles. The summed E-state index contributed by atoms with van der Waals surface area (Å²) in [4.78, 5) is 0. The first-order valence-corrected chi connectivity index (χ1v) is 7.68. The van der Waals surface area contributed by atoms with Gasteiger partial charge in [0.2, 0.25) is 0 Å². The smallest absolute Gasteiger partial charge is 0.0244 e. The van der Waals surface area contributed by atoms with E-state index in [4.69, 9.17) is 5.73 Å². The van der Waals surface area contributed by atoms with Gasteiger partial charge in [-0.1, -0.05) is 38.5 Å². The summed E-state index contributed by atoms with van der Waals surface area (Å²) in [5, 5.41) is 0. The monoisotopic (exact) mass is 249 g/mol. The number of hydrogen-bond donors (Lipinski definition) is 1. The fourth-order valence-corrected chi connectivity index (χ4v) is 2.91. The van der Waals surface area contributed by atoms with E-state index in [1.165, 1.54) is 38.5 Å². The first kappa shape index (κ1) is 15.6. The van der Waals surface area contributed by atoms with E-state index in [1.54, 1.807) is 0 Å². The Morgan fingerprint density at radius 3 is 2.28 bits per heavy atom. The molecule has 1 fully saturated rings. The minimum atomic E-state index is 0.110. The van der Waals surface area contributed by atoms with Crippen LogP contribution in [-0.2, 0) is 0 Å². The lowest BCUT2D eigenvalue weighted by atomic mass is 9.76. The van der Waals surface area contributed by atoms with Crippen LogP contribution in [0.15, 0.2) is 0 Å². The summed E-state index contributed by atoms with van der Waals surface area (Å²) in [7, 11) is 0. The number of nitrogens with two attached hydrogens (primary N) is 1. The summed E-state index contributed by atoms with van der Waals surface area (Å²) < 4.78 is 0. The summed E-state index contributed by atoms with van der Waals surface area (Å²) in [6.07, 6.45) is 9.04. The van der Waals surface area contributed by atoms with Gasteiger partial charge in [0.05, 0.1) is 0 Å². The highest BCUT2D eigenvalue weighted by Crippen LogP contribution is 2.33. The molecule has 1 aliphatic carbocycles. The van der Waals surface area contributed by atoms with Crippen molar-refractivity contribution in [2.45, 2.75) is 78.7 Å². The van der Waals surface area contributed by atoms with E-state index in [0.717, 1.165) is 12.3 Å². The Morgan fingerprint density at radius 1 is 1.17 bits per heavy atom. The first-order chi connectivity index (χ1) is 8.42. The molecule has 0 aromatic carbocycles. The molecule has 1 unspecified atom stereocenters. The fraction of sp³-hybridized carbons (Fsp3) is 0.882. The average molecular weight is 249 g/mol. The topological polar surface area (TPSA) is 26.0 Å². The maximum Gasteiger partial charge on any atom is 0.0244 e. The first-order valence-electron chi connectivity index (χ1n) is 7.68. The maximum atomic E-state index is 6.29. The van der Waals surface area contributed by atoms with E-state index >= 15 is 0 Å². The largest absolute Gasteiger partial charge is 0.327 e. The van der Waals surface area contributed by atoms with Crippen molar-refractivity contribution in [3.05, 3.63) is 0 Å². The average Bonchev–Trinajstić information content (AvgIpc) is 2.28. The lowest BCUT2D eigenvalue weighted by Crippen LogP contribution is -2.32. The SMILES string of the molecule is CCCC1CCC(C(N)CC#CC(C)(C)C)CC1. The Bertz CT molecular complexity index is 281. The molecule has 0 amide bonds. The summed E-state index contributed by atoms with van der Waals surface area (Å²) in [5.41, 5.74) is 6.40. The highest BCUT2D eigenvalue weighted by atomic mass is 14.6. The maximum absolute atomic E-state index is 6.29. The predicted molar refractivity (Wildman–Crippen MR) is 80.2 cm³/mol. The molecule has 2 N–H and O–H groups in total. The van der Waals surface area contributed by atoms with Crippen molar-refractivity contribution in [3.8, 4) is 11.8 Å². The zero-order valence-electron chi connectivity index (χ0n) is 12.8. The lowest BCUT2D eigenvalue weighted by Gasteiger charge is -2.31. The third-order valence-electron chi connectivity index (χ3n) is 3.99. The van der Waals surface area contributed by atoms with Crippen molar-refractivity contribution in [3.63, 3.8) is 0 Å². The number of hydrogen-bond acceptors (Lipinski definition) is 1. The van der Waals surface area contributed by atoms with Crippen LogP contribution >= 0.6 is 0 Å². The van der Waals surface area contributed by atoms with Crippen LogP contribution in [0, 0.1) is 29.1 Å². The van der Waals surface area contributed by atoms with Crippen molar-refractivity contribution in [1.29, 1.82) is 0 Å². The standard InChI is InChI=1S/C17H31N/c1-5-7-14-9-11-15(12-10-14)16(18)8-6-13-17(2,3)4/h14-16H,5,7-12,18H2,1-4H3. The Kier molecular flexibility index (Phi) is 6.22.